The fourth-order valence-electron chi connectivity index (χ4n) is 2.38. The lowest BCUT2D eigenvalue weighted by molar-refractivity contribution is 0.0680. The van der Waals surface area contributed by atoms with E-state index < -0.39 is 0 Å². The second-order valence-electron chi connectivity index (χ2n) is 5.34. The highest BCUT2D eigenvalue weighted by molar-refractivity contribution is 7.14. The second-order valence-corrected chi connectivity index (χ2v) is 6.63. The molecule has 0 aliphatic carbocycles. The van der Waals surface area contributed by atoms with Crippen molar-refractivity contribution >= 4 is 22.9 Å². The number of aryl methyl sites for hydroxylation is 1. The Kier molecular flexibility index (Phi) is 4.75. The van der Waals surface area contributed by atoms with Gasteiger partial charge >= 0.3 is 0 Å². The molecule has 0 saturated carbocycles. The van der Waals surface area contributed by atoms with Crippen molar-refractivity contribution in [3.05, 3.63) is 46.2 Å². The standard InChI is InChI=1S/C17H19NO3S/c1-12-7-8-16(22-12)17(19)18-13-4-2-5-14(10-13)21-11-15-6-3-9-20-15/h2,4-5,7-8,10,15H,3,6,9,11H2,1H3,(H,18,19). The van der Waals surface area contributed by atoms with Gasteiger partial charge in [-0.05, 0) is 44.0 Å². The Bertz CT molecular complexity index is 647. The summed E-state index contributed by atoms with van der Waals surface area (Å²) in [7, 11) is 0. The Morgan fingerprint density at radius 2 is 2.32 bits per heavy atom. The van der Waals surface area contributed by atoms with E-state index in [4.69, 9.17) is 9.47 Å². The first-order chi connectivity index (χ1) is 10.7. The van der Waals surface area contributed by atoms with Crippen LogP contribution in [0, 0.1) is 6.92 Å². The summed E-state index contributed by atoms with van der Waals surface area (Å²) < 4.78 is 11.3. The van der Waals surface area contributed by atoms with Crippen LogP contribution < -0.4 is 10.1 Å². The molecule has 0 spiro atoms. The summed E-state index contributed by atoms with van der Waals surface area (Å²) in [6, 6.07) is 11.2. The summed E-state index contributed by atoms with van der Waals surface area (Å²) in [6.07, 6.45) is 2.34. The Hall–Kier alpha value is -1.85. The lowest BCUT2D eigenvalue weighted by Gasteiger charge is -2.12. The predicted octanol–water partition coefficient (Wildman–Crippen LogP) is 3.87. The lowest BCUT2D eigenvalue weighted by Crippen LogP contribution is -2.16. The molecule has 0 radical (unpaired) electrons. The predicted molar refractivity (Wildman–Crippen MR) is 87.9 cm³/mol. The van der Waals surface area contributed by atoms with E-state index in [1.54, 1.807) is 0 Å². The van der Waals surface area contributed by atoms with Crippen molar-refractivity contribution < 1.29 is 14.3 Å². The molecular formula is C17H19NO3S. The highest BCUT2D eigenvalue weighted by atomic mass is 32.1. The maximum Gasteiger partial charge on any atom is 0.265 e. The van der Waals surface area contributed by atoms with Crippen molar-refractivity contribution in [3.8, 4) is 5.75 Å². The molecule has 1 N–H and O–H groups in total. The molecule has 5 heteroatoms. The number of ether oxygens (including phenoxy) is 2. The molecule has 22 heavy (non-hydrogen) atoms. The first-order valence-corrected chi connectivity index (χ1v) is 8.24. The first-order valence-electron chi connectivity index (χ1n) is 7.43. The van der Waals surface area contributed by atoms with Crippen molar-refractivity contribution in [1.82, 2.24) is 0 Å². The zero-order valence-electron chi connectivity index (χ0n) is 12.5. The molecule has 2 heterocycles. The number of benzene rings is 1. The van der Waals surface area contributed by atoms with Gasteiger partial charge in [-0.25, -0.2) is 0 Å². The van der Waals surface area contributed by atoms with Crippen LogP contribution in [0.1, 0.15) is 27.4 Å². The van der Waals surface area contributed by atoms with Gasteiger partial charge in [0.05, 0.1) is 11.0 Å². The van der Waals surface area contributed by atoms with E-state index >= 15 is 0 Å². The molecule has 2 aromatic rings. The smallest absolute Gasteiger partial charge is 0.265 e. The average Bonchev–Trinajstić information content (AvgIpc) is 3.17. The van der Waals surface area contributed by atoms with Crippen LogP contribution >= 0.6 is 11.3 Å². The van der Waals surface area contributed by atoms with Crippen LogP contribution in [0.3, 0.4) is 0 Å². The minimum Gasteiger partial charge on any atom is -0.491 e. The Morgan fingerprint density at radius 1 is 1.41 bits per heavy atom. The van der Waals surface area contributed by atoms with Crippen LogP contribution in [-0.4, -0.2) is 25.2 Å². The third-order valence-corrected chi connectivity index (χ3v) is 4.52. The van der Waals surface area contributed by atoms with Gasteiger partial charge in [0, 0.05) is 23.2 Å². The molecule has 1 amide bonds. The van der Waals surface area contributed by atoms with E-state index in [1.807, 2.05) is 43.3 Å². The first kappa shape index (κ1) is 15.1. The van der Waals surface area contributed by atoms with E-state index in [1.165, 1.54) is 11.3 Å². The van der Waals surface area contributed by atoms with Crippen LogP contribution in [0.5, 0.6) is 5.75 Å². The fraction of sp³-hybridized carbons (Fsp3) is 0.353. The normalized spacial score (nSPS) is 17.4. The third-order valence-electron chi connectivity index (χ3n) is 3.52. The molecule has 1 unspecified atom stereocenters. The summed E-state index contributed by atoms with van der Waals surface area (Å²) in [5, 5.41) is 2.90. The summed E-state index contributed by atoms with van der Waals surface area (Å²) in [5.74, 6) is 0.657. The largest absolute Gasteiger partial charge is 0.491 e. The SMILES string of the molecule is Cc1ccc(C(=O)Nc2cccc(OCC3CCCO3)c2)s1. The second kappa shape index (κ2) is 6.94. The van der Waals surface area contributed by atoms with Crippen LogP contribution in [0.15, 0.2) is 36.4 Å². The lowest BCUT2D eigenvalue weighted by atomic mass is 10.2. The number of rotatable bonds is 5. The van der Waals surface area contributed by atoms with Crippen molar-refractivity contribution in [1.29, 1.82) is 0 Å². The van der Waals surface area contributed by atoms with Crippen molar-refractivity contribution in [2.24, 2.45) is 0 Å². The quantitative estimate of drug-likeness (QED) is 0.910. The van der Waals surface area contributed by atoms with Gasteiger partial charge in [-0.1, -0.05) is 6.07 Å². The molecular weight excluding hydrogens is 298 g/mol. The third kappa shape index (κ3) is 3.87. The summed E-state index contributed by atoms with van der Waals surface area (Å²) in [6.45, 7) is 3.37. The highest BCUT2D eigenvalue weighted by Crippen LogP contribution is 2.21. The Morgan fingerprint density at radius 3 is 3.05 bits per heavy atom. The van der Waals surface area contributed by atoms with E-state index in [-0.39, 0.29) is 12.0 Å². The maximum atomic E-state index is 12.1. The molecule has 1 aliphatic rings. The van der Waals surface area contributed by atoms with Gasteiger partial charge in [0.1, 0.15) is 12.4 Å². The zero-order chi connectivity index (χ0) is 15.4. The number of thiophene rings is 1. The van der Waals surface area contributed by atoms with Crippen molar-refractivity contribution in [2.75, 3.05) is 18.5 Å². The molecule has 1 aliphatic heterocycles. The monoisotopic (exact) mass is 317 g/mol. The topological polar surface area (TPSA) is 47.6 Å². The molecule has 1 fully saturated rings. The van der Waals surface area contributed by atoms with Crippen LogP contribution in [-0.2, 0) is 4.74 Å². The zero-order valence-corrected chi connectivity index (χ0v) is 13.3. The number of anilines is 1. The van der Waals surface area contributed by atoms with Crippen LogP contribution in [0.4, 0.5) is 5.69 Å². The molecule has 1 atom stereocenters. The minimum absolute atomic E-state index is 0.0885. The number of carbonyl (C=O) groups is 1. The van der Waals surface area contributed by atoms with E-state index in [0.29, 0.717) is 11.5 Å². The molecule has 1 aromatic heterocycles. The van der Waals surface area contributed by atoms with Crippen LogP contribution in [0.2, 0.25) is 0 Å². The van der Waals surface area contributed by atoms with Gasteiger partial charge in [-0.3, -0.25) is 4.79 Å². The molecule has 116 valence electrons. The van der Waals surface area contributed by atoms with E-state index in [2.05, 4.69) is 5.32 Å². The van der Waals surface area contributed by atoms with Gasteiger partial charge in [0.15, 0.2) is 0 Å². The van der Waals surface area contributed by atoms with Crippen molar-refractivity contribution in [2.45, 2.75) is 25.9 Å². The molecule has 4 nitrogen and oxygen atoms in total. The number of amides is 1. The number of hydrogen-bond donors (Lipinski definition) is 1. The number of nitrogens with one attached hydrogen (secondary N) is 1. The summed E-state index contributed by atoms with van der Waals surface area (Å²) >= 11 is 1.49. The minimum atomic E-state index is -0.0885. The summed E-state index contributed by atoms with van der Waals surface area (Å²) in [4.78, 5) is 14.0. The van der Waals surface area contributed by atoms with Gasteiger partial charge in [-0.2, -0.15) is 0 Å². The van der Waals surface area contributed by atoms with Gasteiger partial charge in [0.2, 0.25) is 0 Å². The molecule has 0 bridgehead atoms. The molecule has 1 saturated heterocycles. The summed E-state index contributed by atoms with van der Waals surface area (Å²) in [5.41, 5.74) is 0.737. The number of hydrogen-bond acceptors (Lipinski definition) is 4. The van der Waals surface area contributed by atoms with E-state index in [0.717, 1.165) is 35.8 Å². The maximum absolute atomic E-state index is 12.1. The Balaban J connectivity index is 1.59. The number of carbonyl (C=O) groups excluding carboxylic acids is 1. The highest BCUT2D eigenvalue weighted by Gasteiger charge is 2.16. The van der Waals surface area contributed by atoms with Gasteiger partial charge < -0.3 is 14.8 Å². The fourth-order valence-corrected chi connectivity index (χ4v) is 3.14. The van der Waals surface area contributed by atoms with Crippen molar-refractivity contribution in [3.63, 3.8) is 0 Å². The molecule has 3 rings (SSSR count). The average molecular weight is 317 g/mol. The Labute approximate surface area is 134 Å². The van der Waals surface area contributed by atoms with Gasteiger partial charge in [0.25, 0.3) is 5.91 Å². The van der Waals surface area contributed by atoms with E-state index in [9.17, 15) is 4.79 Å². The molecule has 1 aromatic carbocycles. The van der Waals surface area contributed by atoms with Gasteiger partial charge in [-0.15, -0.1) is 11.3 Å². The van der Waals surface area contributed by atoms with Crippen LogP contribution in [0.25, 0.3) is 0 Å².